The quantitative estimate of drug-likeness (QED) is 0.179. The Morgan fingerprint density at radius 3 is 2.49 bits per heavy atom. The molecular weight excluding hydrogens is 599 g/mol. The van der Waals surface area contributed by atoms with Crippen molar-refractivity contribution in [3.8, 4) is 5.75 Å². The number of hydrogen-bond acceptors (Lipinski definition) is 6. The third-order valence-corrected chi connectivity index (χ3v) is 8.34. The molecule has 0 unspecified atom stereocenters. The summed E-state index contributed by atoms with van der Waals surface area (Å²) in [5, 5.41) is 6.31. The van der Waals surface area contributed by atoms with Crippen molar-refractivity contribution in [1.29, 1.82) is 0 Å². The van der Waals surface area contributed by atoms with Gasteiger partial charge in [-0.2, -0.15) is 0 Å². The highest BCUT2D eigenvalue weighted by Gasteiger charge is 2.36. The highest BCUT2D eigenvalue weighted by atomic mass is 35.5. The van der Waals surface area contributed by atoms with E-state index in [1.807, 2.05) is 31.2 Å². The van der Waals surface area contributed by atoms with Crippen molar-refractivity contribution in [2.24, 2.45) is 5.73 Å². The first-order valence-corrected chi connectivity index (χ1v) is 15.3. The number of amides is 3. The van der Waals surface area contributed by atoms with Crippen molar-refractivity contribution in [3.05, 3.63) is 93.8 Å². The molecule has 1 heterocycles. The number of rotatable bonds is 13. The average molecular weight is 637 g/mol. The molecule has 0 fully saturated rings. The van der Waals surface area contributed by atoms with Crippen molar-refractivity contribution in [2.75, 3.05) is 19.0 Å². The van der Waals surface area contributed by atoms with Crippen LogP contribution in [0.25, 0.3) is 0 Å². The summed E-state index contributed by atoms with van der Waals surface area (Å²) < 4.78 is 19.1. The number of halogens is 2. The van der Waals surface area contributed by atoms with Gasteiger partial charge in [0, 0.05) is 42.1 Å². The van der Waals surface area contributed by atoms with Crippen molar-refractivity contribution >= 4 is 40.8 Å². The number of carbonyl (C=O) groups excluding carboxylic acids is 4. The predicted molar refractivity (Wildman–Crippen MR) is 171 cm³/mol. The summed E-state index contributed by atoms with van der Waals surface area (Å²) in [5.41, 5.74) is 8.96. The predicted octanol–water partition coefficient (Wildman–Crippen LogP) is 4.97. The molecule has 0 saturated heterocycles. The first-order chi connectivity index (χ1) is 21.6. The topological polar surface area (TPSA) is 131 Å². The number of ether oxygens (including phenoxy) is 1. The maximum Gasteiger partial charge on any atom is 0.246 e. The van der Waals surface area contributed by atoms with Crippen molar-refractivity contribution in [2.45, 2.75) is 64.1 Å². The van der Waals surface area contributed by atoms with E-state index in [4.69, 9.17) is 22.1 Å². The van der Waals surface area contributed by atoms with E-state index in [0.29, 0.717) is 36.5 Å². The first kappa shape index (κ1) is 33.6. The van der Waals surface area contributed by atoms with Crippen molar-refractivity contribution in [3.63, 3.8) is 0 Å². The third kappa shape index (κ3) is 8.67. The molecule has 238 valence electrons. The highest BCUT2D eigenvalue weighted by Crippen LogP contribution is 2.26. The minimum Gasteiger partial charge on any atom is -0.494 e. The summed E-state index contributed by atoms with van der Waals surface area (Å²) in [5.74, 6) is -2.32. The Bertz CT molecular complexity index is 1570. The van der Waals surface area contributed by atoms with Gasteiger partial charge in [0.05, 0.1) is 7.11 Å². The number of nitrogens with zero attached hydrogens (tertiary/aromatic N) is 1. The Morgan fingerprint density at radius 2 is 1.80 bits per heavy atom. The Balaban J connectivity index is 1.50. The molecule has 0 saturated carbocycles. The Kier molecular flexibility index (Phi) is 11.7. The van der Waals surface area contributed by atoms with Crippen LogP contribution in [-0.4, -0.2) is 54.1 Å². The van der Waals surface area contributed by atoms with Gasteiger partial charge in [0.15, 0.2) is 17.3 Å². The lowest BCUT2D eigenvalue weighted by atomic mass is 9.92. The van der Waals surface area contributed by atoms with Gasteiger partial charge < -0.3 is 26.0 Å². The molecule has 45 heavy (non-hydrogen) atoms. The van der Waals surface area contributed by atoms with E-state index in [1.165, 1.54) is 24.1 Å². The zero-order valence-electron chi connectivity index (χ0n) is 25.4. The molecule has 3 aromatic rings. The number of ketones is 1. The Hall–Kier alpha value is -4.28. The van der Waals surface area contributed by atoms with Crippen LogP contribution in [0.2, 0.25) is 5.02 Å². The fourth-order valence-corrected chi connectivity index (χ4v) is 5.47. The number of aryl methyl sites for hydroxylation is 1. The van der Waals surface area contributed by atoms with Crippen LogP contribution in [0.3, 0.4) is 0 Å². The zero-order valence-corrected chi connectivity index (χ0v) is 26.2. The van der Waals surface area contributed by atoms with E-state index in [-0.39, 0.29) is 37.1 Å². The molecule has 0 bridgehead atoms. The summed E-state index contributed by atoms with van der Waals surface area (Å²) in [6.07, 6.45) is 1.55. The van der Waals surface area contributed by atoms with Crippen LogP contribution in [0.5, 0.6) is 5.75 Å². The van der Waals surface area contributed by atoms with Gasteiger partial charge >= 0.3 is 0 Å². The number of carbonyl (C=O) groups is 4. The van der Waals surface area contributed by atoms with Crippen LogP contribution in [0.4, 0.5) is 10.1 Å². The van der Waals surface area contributed by atoms with Gasteiger partial charge in [0.25, 0.3) is 0 Å². The molecular formula is C34H38ClFN4O5. The van der Waals surface area contributed by atoms with Gasteiger partial charge in [0.1, 0.15) is 12.1 Å². The second kappa shape index (κ2) is 15.6. The normalized spacial score (nSPS) is 14.7. The molecule has 4 rings (SSSR count). The minimum atomic E-state index is -0.900. The molecule has 4 N–H and O–H groups in total. The van der Waals surface area contributed by atoms with Crippen LogP contribution < -0.4 is 21.1 Å². The van der Waals surface area contributed by atoms with Crippen LogP contribution in [-0.2, 0) is 27.3 Å². The summed E-state index contributed by atoms with van der Waals surface area (Å²) in [6, 6.07) is 14.8. The number of fused-ring (bicyclic) bond motifs is 1. The van der Waals surface area contributed by atoms with Crippen LogP contribution >= 0.6 is 11.6 Å². The van der Waals surface area contributed by atoms with Gasteiger partial charge in [-0.15, -0.1) is 0 Å². The lowest BCUT2D eigenvalue weighted by Crippen LogP contribution is -2.56. The third-order valence-electron chi connectivity index (χ3n) is 7.92. The summed E-state index contributed by atoms with van der Waals surface area (Å²) >= 11 is 6.13. The molecule has 0 spiro atoms. The van der Waals surface area contributed by atoms with Crippen molar-refractivity contribution < 1.29 is 28.3 Å². The number of methoxy groups -OCH3 is 1. The monoisotopic (exact) mass is 636 g/mol. The first-order valence-electron chi connectivity index (χ1n) is 14.9. The number of hydrogen-bond donors (Lipinski definition) is 3. The molecule has 0 radical (unpaired) electrons. The average Bonchev–Trinajstić information content (AvgIpc) is 3.03. The van der Waals surface area contributed by atoms with E-state index >= 15 is 0 Å². The molecule has 9 nitrogen and oxygen atoms in total. The van der Waals surface area contributed by atoms with E-state index < -0.39 is 41.4 Å². The smallest absolute Gasteiger partial charge is 0.246 e. The van der Waals surface area contributed by atoms with Gasteiger partial charge in [0.2, 0.25) is 17.7 Å². The Labute approximate surface area is 267 Å². The molecule has 11 heteroatoms. The molecule has 0 aromatic heterocycles. The van der Waals surface area contributed by atoms with Gasteiger partial charge in [-0.25, -0.2) is 4.39 Å². The van der Waals surface area contributed by atoms with Gasteiger partial charge in [-0.05, 0) is 85.8 Å². The number of benzene rings is 3. The number of unbranched alkanes of at least 4 members (excludes halogenated alkanes) is 1. The van der Waals surface area contributed by atoms with E-state index in [1.54, 1.807) is 18.2 Å². The Morgan fingerprint density at radius 1 is 1.04 bits per heavy atom. The molecule has 2 atom stereocenters. The minimum absolute atomic E-state index is 0.0155. The largest absolute Gasteiger partial charge is 0.494 e. The van der Waals surface area contributed by atoms with Crippen LogP contribution in [0.1, 0.15) is 59.2 Å². The fraction of sp³-hybridized carbons (Fsp3) is 0.353. The molecule has 1 aliphatic heterocycles. The zero-order chi connectivity index (χ0) is 32.5. The van der Waals surface area contributed by atoms with Crippen molar-refractivity contribution in [1.82, 2.24) is 10.2 Å². The fourth-order valence-electron chi connectivity index (χ4n) is 5.35. The summed E-state index contributed by atoms with van der Waals surface area (Å²) in [7, 11) is 1.33. The highest BCUT2D eigenvalue weighted by molar-refractivity contribution is 6.31. The van der Waals surface area contributed by atoms with E-state index in [9.17, 15) is 23.6 Å². The second-order valence-corrected chi connectivity index (χ2v) is 11.5. The van der Waals surface area contributed by atoms with Crippen LogP contribution in [0.15, 0.2) is 60.7 Å². The number of nitrogens with two attached hydrogens (primary N) is 1. The summed E-state index contributed by atoms with van der Waals surface area (Å²) in [4.78, 5) is 55.0. The molecule has 0 aliphatic carbocycles. The number of anilines is 1. The van der Waals surface area contributed by atoms with E-state index in [2.05, 4.69) is 10.6 Å². The number of nitrogens with one attached hydrogen (secondary N) is 2. The van der Waals surface area contributed by atoms with E-state index in [0.717, 1.165) is 22.8 Å². The SMILES string of the molecule is COc1ccc(C(=O)CCC(=O)N2Cc3ccccc3C[C@H]2C(=O)N[C@@H](CCCCN)C(=O)Nc2ccc(Cl)c(C)c2)cc1F. The van der Waals surface area contributed by atoms with Gasteiger partial charge in [-0.1, -0.05) is 35.9 Å². The van der Waals surface area contributed by atoms with Gasteiger partial charge in [-0.3, -0.25) is 19.2 Å². The lowest BCUT2D eigenvalue weighted by Gasteiger charge is -2.37. The second-order valence-electron chi connectivity index (χ2n) is 11.1. The maximum atomic E-state index is 14.2. The molecule has 3 aromatic carbocycles. The molecule has 3 amide bonds. The summed E-state index contributed by atoms with van der Waals surface area (Å²) in [6.45, 7) is 2.45. The standard InChI is InChI=1S/C34H38ClFN4O5/c1-21-17-25(11-12-26(21)35)38-33(43)28(9-5-6-16-37)39-34(44)29-19-22-7-3-4-8-24(22)20-40(29)32(42)15-13-30(41)23-10-14-31(45-2)27(36)18-23/h3-4,7-8,10-12,14,17-18,28-29H,5-6,9,13,15-16,19-20,37H2,1-2H3,(H,38,43)(H,39,44)/t28-,29-/m0/s1. The number of Topliss-reactive ketones (excluding diaryl/α,β-unsaturated/α-hetero) is 1. The molecule has 1 aliphatic rings. The van der Waals surface area contributed by atoms with Crippen LogP contribution in [0, 0.1) is 12.7 Å². The maximum absolute atomic E-state index is 14.2. The lowest BCUT2D eigenvalue weighted by molar-refractivity contribution is -0.142.